The lowest BCUT2D eigenvalue weighted by Crippen LogP contribution is -2.33. The Hall–Kier alpha value is -2.04. The Morgan fingerprint density at radius 3 is 2.16 bits per heavy atom. The first kappa shape index (κ1) is 13.4. The average molecular weight is 262 g/mol. The van der Waals surface area contributed by atoms with Crippen molar-refractivity contribution in [3.8, 4) is 0 Å². The summed E-state index contributed by atoms with van der Waals surface area (Å²) >= 11 is 0. The van der Waals surface area contributed by atoms with Gasteiger partial charge in [-0.3, -0.25) is 9.69 Å². The van der Waals surface area contributed by atoms with Gasteiger partial charge in [-0.15, -0.1) is 0 Å². The highest BCUT2D eigenvalue weighted by Gasteiger charge is 2.42. The lowest BCUT2D eigenvalue weighted by Gasteiger charge is -2.25. The molecule has 0 aliphatic heterocycles. The molecule has 19 heavy (non-hydrogen) atoms. The van der Waals surface area contributed by atoms with Crippen molar-refractivity contribution in [2.45, 2.75) is 31.1 Å². The number of rotatable bonds is 3. The molecule has 1 saturated carbocycles. The number of nitrogens with two attached hydrogens (primary N) is 1. The molecule has 102 valence electrons. The van der Waals surface area contributed by atoms with Crippen molar-refractivity contribution >= 4 is 17.7 Å². The summed E-state index contributed by atoms with van der Waals surface area (Å²) in [6.07, 6.45) is 3.23. The van der Waals surface area contributed by atoms with Crippen LogP contribution in [0.1, 0.15) is 31.2 Å². The average Bonchev–Trinajstić information content (AvgIpc) is 2.88. The molecule has 0 spiro atoms. The number of carbonyl (C=O) groups is 2. The maximum absolute atomic E-state index is 11.6. The zero-order valence-corrected chi connectivity index (χ0v) is 10.9. The highest BCUT2D eigenvalue weighted by atomic mass is 16.4. The van der Waals surface area contributed by atoms with Gasteiger partial charge >= 0.3 is 12.0 Å². The van der Waals surface area contributed by atoms with E-state index in [1.54, 1.807) is 31.3 Å². The molecule has 2 rings (SSSR count). The first-order chi connectivity index (χ1) is 8.97. The number of benzene rings is 1. The third kappa shape index (κ3) is 2.28. The van der Waals surface area contributed by atoms with Crippen molar-refractivity contribution in [3.63, 3.8) is 0 Å². The fourth-order valence-electron chi connectivity index (χ4n) is 2.74. The van der Waals surface area contributed by atoms with Gasteiger partial charge in [-0.05, 0) is 30.5 Å². The Bertz CT molecular complexity index is 490. The number of aliphatic carboxylic acids is 1. The quantitative estimate of drug-likeness (QED) is 0.874. The minimum Gasteiger partial charge on any atom is -0.481 e. The molecule has 0 heterocycles. The van der Waals surface area contributed by atoms with Gasteiger partial charge in [-0.2, -0.15) is 0 Å². The monoisotopic (exact) mass is 262 g/mol. The molecule has 0 saturated heterocycles. The number of urea groups is 1. The van der Waals surface area contributed by atoms with Crippen molar-refractivity contribution in [1.82, 2.24) is 0 Å². The van der Waals surface area contributed by atoms with E-state index in [0.717, 1.165) is 18.4 Å². The van der Waals surface area contributed by atoms with Gasteiger partial charge in [-0.25, -0.2) is 4.79 Å². The van der Waals surface area contributed by atoms with Crippen molar-refractivity contribution < 1.29 is 14.7 Å². The van der Waals surface area contributed by atoms with Crippen LogP contribution in [0.4, 0.5) is 10.5 Å². The van der Waals surface area contributed by atoms with Gasteiger partial charge in [0.25, 0.3) is 0 Å². The number of hydrogen-bond donors (Lipinski definition) is 2. The molecule has 5 heteroatoms. The van der Waals surface area contributed by atoms with Gasteiger partial charge in [0.1, 0.15) is 0 Å². The Balaban J connectivity index is 2.31. The molecule has 0 radical (unpaired) electrons. The summed E-state index contributed by atoms with van der Waals surface area (Å²) in [6, 6.07) is 6.51. The van der Waals surface area contributed by atoms with Crippen LogP contribution in [0.15, 0.2) is 24.3 Å². The van der Waals surface area contributed by atoms with Crippen LogP contribution < -0.4 is 10.6 Å². The van der Waals surface area contributed by atoms with E-state index in [1.807, 2.05) is 0 Å². The van der Waals surface area contributed by atoms with Gasteiger partial charge in [-0.1, -0.05) is 25.0 Å². The minimum absolute atomic E-state index is 0.540. The number of carboxylic acid groups (broad SMARTS) is 1. The summed E-state index contributed by atoms with van der Waals surface area (Å²) in [5.41, 5.74) is 5.90. The van der Waals surface area contributed by atoms with Crippen LogP contribution in [-0.2, 0) is 10.2 Å². The molecule has 0 unspecified atom stereocenters. The highest BCUT2D eigenvalue weighted by molar-refractivity contribution is 5.90. The molecule has 1 aromatic carbocycles. The number of carboxylic acids is 1. The molecule has 2 amide bonds. The normalized spacial score (nSPS) is 17.1. The van der Waals surface area contributed by atoms with Crippen LogP contribution in [0.2, 0.25) is 0 Å². The van der Waals surface area contributed by atoms with E-state index in [1.165, 1.54) is 4.90 Å². The first-order valence-electron chi connectivity index (χ1n) is 6.34. The minimum atomic E-state index is -0.763. The van der Waals surface area contributed by atoms with Gasteiger partial charge in [0.05, 0.1) is 5.41 Å². The summed E-state index contributed by atoms with van der Waals surface area (Å²) in [7, 11) is 1.58. The van der Waals surface area contributed by atoms with Crippen molar-refractivity contribution in [1.29, 1.82) is 0 Å². The van der Waals surface area contributed by atoms with Crippen LogP contribution in [-0.4, -0.2) is 24.2 Å². The fourth-order valence-corrected chi connectivity index (χ4v) is 2.74. The molecular weight excluding hydrogens is 244 g/mol. The topological polar surface area (TPSA) is 83.6 Å². The predicted molar refractivity (Wildman–Crippen MR) is 72.2 cm³/mol. The second kappa shape index (κ2) is 4.91. The number of nitrogens with zero attached hydrogens (tertiary/aromatic N) is 1. The van der Waals surface area contributed by atoms with E-state index in [4.69, 9.17) is 5.73 Å². The molecule has 0 atom stereocenters. The SMILES string of the molecule is CN(C(N)=O)c1ccc(C2(C(=O)O)CCCC2)cc1. The Labute approximate surface area is 112 Å². The molecule has 0 aromatic heterocycles. The van der Waals surface area contributed by atoms with Crippen LogP contribution in [0.25, 0.3) is 0 Å². The van der Waals surface area contributed by atoms with E-state index in [9.17, 15) is 14.7 Å². The highest BCUT2D eigenvalue weighted by Crippen LogP contribution is 2.41. The molecule has 3 N–H and O–H groups in total. The van der Waals surface area contributed by atoms with Crippen LogP contribution >= 0.6 is 0 Å². The molecule has 1 aliphatic carbocycles. The Morgan fingerprint density at radius 1 is 1.21 bits per heavy atom. The molecule has 5 nitrogen and oxygen atoms in total. The van der Waals surface area contributed by atoms with Crippen LogP contribution in [0, 0.1) is 0 Å². The number of primary amides is 1. The maximum Gasteiger partial charge on any atom is 0.318 e. The van der Waals surface area contributed by atoms with Crippen LogP contribution in [0.5, 0.6) is 0 Å². The summed E-state index contributed by atoms with van der Waals surface area (Å²) < 4.78 is 0. The predicted octanol–water partition coefficient (Wildman–Crippen LogP) is 2.10. The third-order valence-electron chi connectivity index (χ3n) is 4.00. The number of carbonyl (C=O) groups excluding carboxylic acids is 1. The number of anilines is 1. The smallest absolute Gasteiger partial charge is 0.318 e. The van der Waals surface area contributed by atoms with E-state index >= 15 is 0 Å². The fraction of sp³-hybridized carbons (Fsp3) is 0.429. The zero-order valence-electron chi connectivity index (χ0n) is 10.9. The largest absolute Gasteiger partial charge is 0.481 e. The molecule has 1 fully saturated rings. The third-order valence-corrected chi connectivity index (χ3v) is 4.00. The van der Waals surface area contributed by atoms with Crippen LogP contribution in [0.3, 0.4) is 0 Å². The van der Waals surface area contributed by atoms with E-state index in [-0.39, 0.29) is 0 Å². The van der Waals surface area contributed by atoms with E-state index < -0.39 is 17.4 Å². The van der Waals surface area contributed by atoms with E-state index in [2.05, 4.69) is 0 Å². The van der Waals surface area contributed by atoms with Gasteiger partial charge in [0, 0.05) is 12.7 Å². The van der Waals surface area contributed by atoms with Gasteiger partial charge < -0.3 is 10.8 Å². The van der Waals surface area contributed by atoms with Crippen molar-refractivity contribution in [3.05, 3.63) is 29.8 Å². The maximum atomic E-state index is 11.6. The summed E-state index contributed by atoms with van der Waals surface area (Å²) in [5.74, 6) is -0.763. The lowest BCUT2D eigenvalue weighted by molar-refractivity contribution is -0.143. The molecule has 1 aromatic rings. The van der Waals surface area contributed by atoms with Gasteiger partial charge in [0.15, 0.2) is 0 Å². The van der Waals surface area contributed by atoms with E-state index in [0.29, 0.717) is 18.5 Å². The lowest BCUT2D eigenvalue weighted by atomic mass is 9.79. The zero-order chi connectivity index (χ0) is 14.0. The molecule has 1 aliphatic rings. The standard InChI is InChI=1S/C14H18N2O3/c1-16(13(15)19)11-6-4-10(5-7-11)14(12(17)18)8-2-3-9-14/h4-7H,2-3,8-9H2,1H3,(H2,15,19)(H,17,18). The molecular formula is C14H18N2O3. The Kier molecular flexibility index (Phi) is 3.46. The second-order valence-electron chi connectivity index (χ2n) is 5.04. The summed E-state index contributed by atoms with van der Waals surface area (Å²) in [5, 5.41) is 9.50. The summed E-state index contributed by atoms with van der Waals surface area (Å²) in [6.45, 7) is 0. The van der Waals surface area contributed by atoms with Gasteiger partial charge in [0.2, 0.25) is 0 Å². The second-order valence-corrected chi connectivity index (χ2v) is 5.04. The van der Waals surface area contributed by atoms with Crippen molar-refractivity contribution in [2.75, 3.05) is 11.9 Å². The first-order valence-corrected chi connectivity index (χ1v) is 6.34. The number of amides is 2. The molecule has 0 bridgehead atoms. The number of hydrogen-bond acceptors (Lipinski definition) is 2. The Morgan fingerprint density at radius 2 is 1.74 bits per heavy atom. The summed E-state index contributed by atoms with van der Waals surface area (Å²) in [4.78, 5) is 24.0. The van der Waals surface area contributed by atoms with Crippen molar-refractivity contribution in [2.24, 2.45) is 5.73 Å².